The summed E-state index contributed by atoms with van der Waals surface area (Å²) in [5.74, 6) is -1.57. The minimum Gasteiger partial charge on any atom is -0.465 e. The normalized spacial score (nSPS) is 12.9. The lowest BCUT2D eigenvalue weighted by atomic mass is 9.89. The number of nitrogens with one attached hydrogen (secondary N) is 2. The van der Waals surface area contributed by atoms with Crippen molar-refractivity contribution < 1.29 is 28.3 Å². The number of fused-ring (bicyclic) bond motifs is 2. The fourth-order valence-corrected chi connectivity index (χ4v) is 4.41. The van der Waals surface area contributed by atoms with Crippen LogP contribution in [-0.4, -0.2) is 48.8 Å². The Morgan fingerprint density at radius 1 is 1.00 bits per heavy atom. The van der Waals surface area contributed by atoms with E-state index in [2.05, 4.69) is 5.32 Å². The van der Waals surface area contributed by atoms with Crippen LogP contribution in [0.5, 0.6) is 0 Å². The molecule has 10 heteroatoms. The van der Waals surface area contributed by atoms with Gasteiger partial charge in [0.2, 0.25) is 0 Å². The zero-order valence-corrected chi connectivity index (χ0v) is 20.2. The maximum absolute atomic E-state index is 12.9. The van der Waals surface area contributed by atoms with Gasteiger partial charge in [0.05, 0.1) is 18.0 Å². The number of nitrogens with zero attached hydrogens (tertiary/aromatic N) is 1. The van der Waals surface area contributed by atoms with Crippen LogP contribution in [0, 0.1) is 5.41 Å². The Hall–Kier alpha value is -5.25. The highest BCUT2D eigenvalue weighted by atomic mass is 16.5. The first-order valence-corrected chi connectivity index (χ1v) is 11.6. The number of esters is 1. The number of anilines is 1. The number of carbonyl (C=O) groups excluding carboxylic acids is 4. The average Bonchev–Trinajstić information content (AvgIpc) is 3.23. The van der Waals surface area contributed by atoms with Crippen molar-refractivity contribution in [1.82, 2.24) is 10.2 Å². The summed E-state index contributed by atoms with van der Waals surface area (Å²) in [6, 6.07) is 14.8. The molecular weight excluding hydrogens is 488 g/mol. The second-order valence-corrected chi connectivity index (χ2v) is 8.61. The van der Waals surface area contributed by atoms with E-state index in [-0.39, 0.29) is 29.6 Å². The largest absolute Gasteiger partial charge is 0.465 e. The van der Waals surface area contributed by atoms with Crippen LogP contribution in [0.15, 0.2) is 71.2 Å². The number of hydrogen-bond donors (Lipinski definition) is 3. The van der Waals surface area contributed by atoms with Crippen LogP contribution >= 0.6 is 0 Å². The lowest BCUT2D eigenvalue weighted by Crippen LogP contribution is -2.38. The smallest absolute Gasteiger partial charge is 0.338 e. The second-order valence-electron chi connectivity index (χ2n) is 8.61. The zero-order valence-electron chi connectivity index (χ0n) is 20.2. The average molecular weight is 511 g/mol. The predicted octanol–water partition coefficient (Wildman–Crippen LogP) is 2.71. The first-order valence-electron chi connectivity index (χ1n) is 11.6. The van der Waals surface area contributed by atoms with Crippen LogP contribution in [0.3, 0.4) is 0 Å². The number of nitrogen functional groups attached to an aromatic ring is 1. The summed E-state index contributed by atoms with van der Waals surface area (Å²) in [6.45, 7) is 0.0601. The number of methoxy groups -OCH3 is 1. The summed E-state index contributed by atoms with van der Waals surface area (Å²) in [7, 11) is 1.25. The van der Waals surface area contributed by atoms with Crippen molar-refractivity contribution in [2.24, 2.45) is 0 Å². The molecule has 10 nitrogen and oxygen atoms in total. The summed E-state index contributed by atoms with van der Waals surface area (Å²) < 4.78 is 11.1. The topological polar surface area (TPSA) is 156 Å². The highest BCUT2D eigenvalue weighted by molar-refractivity contribution is 6.13. The van der Waals surface area contributed by atoms with Crippen LogP contribution in [0.4, 0.5) is 5.69 Å². The third kappa shape index (κ3) is 4.39. The molecule has 0 saturated heterocycles. The monoisotopic (exact) mass is 510 g/mol. The standard InChI is InChI=1S/C28H22N4O6/c1-37-28(36)21-12-15(27(35)31-10-11-32-24(33)8-9-25(32)34)2-5-18(21)26-19-6-3-16(29)13-22(19)38-23-14-17(30)4-7-20(23)26/h2-9,12-14,29H,10-11,30H2,1H3,(H,31,35). The number of hydrogen-bond acceptors (Lipinski definition) is 8. The highest BCUT2D eigenvalue weighted by Gasteiger charge is 2.25. The Morgan fingerprint density at radius 2 is 1.74 bits per heavy atom. The molecule has 0 atom stereocenters. The zero-order chi connectivity index (χ0) is 27.0. The lowest BCUT2D eigenvalue weighted by Gasteiger charge is -2.18. The van der Waals surface area contributed by atoms with Crippen LogP contribution in [-0.2, 0) is 14.3 Å². The van der Waals surface area contributed by atoms with E-state index in [1.165, 1.54) is 25.3 Å². The molecule has 0 saturated carbocycles. The highest BCUT2D eigenvalue weighted by Crippen LogP contribution is 2.41. The minimum absolute atomic E-state index is 0.0188. The van der Waals surface area contributed by atoms with Crippen molar-refractivity contribution >= 4 is 40.3 Å². The van der Waals surface area contributed by atoms with Crippen molar-refractivity contribution in [3.8, 4) is 22.5 Å². The number of amides is 3. The molecule has 0 bridgehead atoms. The van der Waals surface area contributed by atoms with Crippen LogP contribution < -0.4 is 16.4 Å². The lowest BCUT2D eigenvalue weighted by molar-refractivity contribution is -0.136. The number of ether oxygens (including phenoxy) is 1. The van der Waals surface area contributed by atoms with Gasteiger partial charge in [-0.15, -0.1) is 0 Å². The molecule has 190 valence electrons. The molecule has 4 N–H and O–H groups in total. The van der Waals surface area contributed by atoms with E-state index in [9.17, 15) is 19.2 Å². The van der Waals surface area contributed by atoms with Crippen molar-refractivity contribution in [3.05, 3.63) is 83.2 Å². The molecule has 2 aliphatic heterocycles. The summed E-state index contributed by atoms with van der Waals surface area (Å²) >= 11 is 0. The Labute approximate surface area is 216 Å². The van der Waals surface area contributed by atoms with Gasteiger partial charge in [0.1, 0.15) is 11.3 Å². The van der Waals surface area contributed by atoms with E-state index < -0.39 is 23.7 Å². The van der Waals surface area contributed by atoms with E-state index in [1.807, 2.05) is 0 Å². The maximum atomic E-state index is 12.9. The van der Waals surface area contributed by atoms with Gasteiger partial charge >= 0.3 is 5.97 Å². The summed E-state index contributed by atoms with van der Waals surface area (Å²) in [6.07, 6.45) is 2.35. The minimum atomic E-state index is -0.649. The van der Waals surface area contributed by atoms with Gasteiger partial charge in [-0.2, -0.15) is 0 Å². The quantitative estimate of drug-likeness (QED) is 0.156. The Balaban J connectivity index is 1.56. The molecule has 0 radical (unpaired) electrons. The first-order chi connectivity index (χ1) is 18.3. The van der Waals surface area contributed by atoms with Gasteiger partial charge in [-0.25, -0.2) is 4.79 Å². The van der Waals surface area contributed by atoms with Gasteiger partial charge in [0.15, 0.2) is 0 Å². The van der Waals surface area contributed by atoms with E-state index in [0.717, 1.165) is 4.90 Å². The SMILES string of the molecule is COC(=O)c1cc(C(=O)NCCN2C(=O)C=CC2=O)ccc1-c1c2ccc(=N)cc-2oc2cc(N)ccc12. The Kier molecular flexibility index (Phi) is 6.21. The van der Waals surface area contributed by atoms with Crippen molar-refractivity contribution in [3.63, 3.8) is 0 Å². The van der Waals surface area contributed by atoms with Gasteiger partial charge < -0.3 is 25.6 Å². The molecule has 3 aliphatic rings. The van der Waals surface area contributed by atoms with E-state index in [0.29, 0.717) is 39.1 Å². The fourth-order valence-electron chi connectivity index (χ4n) is 4.41. The number of rotatable bonds is 6. The van der Waals surface area contributed by atoms with Gasteiger partial charge in [0.25, 0.3) is 17.7 Å². The predicted molar refractivity (Wildman–Crippen MR) is 138 cm³/mol. The molecule has 0 spiro atoms. The van der Waals surface area contributed by atoms with E-state index >= 15 is 0 Å². The second kappa shape index (κ2) is 9.66. The van der Waals surface area contributed by atoms with Crippen molar-refractivity contribution in [2.75, 3.05) is 25.9 Å². The third-order valence-electron chi connectivity index (χ3n) is 6.22. The molecule has 0 unspecified atom stereocenters. The van der Waals surface area contributed by atoms with Gasteiger partial charge in [0, 0.05) is 65.1 Å². The molecule has 1 aliphatic carbocycles. The Morgan fingerprint density at radius 3 is 2.47 bits per heavy atom. The van der Waals surface area contributed by atoms with E-state index in [1.54, 1.807) is 48.5 Å². The molecule has 5 rings (SSSR count). The van der Waals surface area contributed by atoms with Crippen LogP contribution in [0.25, 0.3) is 33.4 Å². The van der Waals surface area contributed by atoms with Crippen molar-refractivity contribution in [2.45, 2.75) is 0 Å². The van der Waals surface area contributed by atoms with Crippen LogP contribution in [0.2, 0.25) is 0 Å². The summed E-state index contributed by atoms with van der Waals surface area (Å²) in [4.78, 5) is 50.2. The molecule has 3 amide bonds. The van der Waals surface area contributed by atoms with E-state index in [4.69, 9.17) is 20.3 Å². The molecule has 2 aromatic carbocycles. The van der Waals surface area contributed by atoms with Crippen LogP contribution in [0.1, 0.15) is 20.7 Å². The molecule has 38 heavy (non-hydrogen) atoms. The maximum Gasteiger partial charge on any atom is 0.338 e. The number of nitrogens with two attached hydrogens (primary N) is 1. The number of carbonyl (C=O) groups is 4. The summed E-state index contributed by atoms with van der Waals surface area (Å²) in [5, 5.41) is 11.6. The first kappa shape index (κ1) is 24.4. The number of benzene rings is 3. The fraction of sp³-hybridized carbons (Fsp3) is 0.107. The van der Waals surface area contributed by atoms with Crippen molar-refractivity contribution in [1.29, 1.82) is 5.41 Å². The molecule has 0 fully saturated rings. The Bertz CT molecular complexity index is 1690. The van der Waals surface area contributed by atoms with Gasteiger partial charge in [-0.05, 0) is 42.0 Å². The molecule has 2 aromatic rings. The summed E-state index contributed by atoms with van der Waals surface area (Å²) in [5.41, 5.74) is 9.09. The third-order valence-corrected chi connectivity index (χ3v) is 6.22. The van der Waals surface area contributed by atoms with Gasteiger partial charge in [-0.1, -0.05) is 6.07 Å². The molecule has 2 heterocycles. The molecule has 0 aromatic heterocycles. The molecular formula is C28H22N4O6. The van der Waals surface area contributed by atoms with Gasteiger partial charge in [-0.3, -0.25) is 19.3 Å². The number of imide groups is 1.